The molecule has 0 atom stereocenters. The number of rotatable bonds is 2. The van der Waals surface area contributed by atoms with Crippen molar-refractivity contribution >= 4 is 33.2 Å². The number of nitrogens with zero attached hydrogens (tertiary/aromatic N) is 1. The number of halogens is 1. The molecular weight excluding hydrogens is 388 g/mol. The number of likely N-dealkylation sites (tertiary alicyclic amines) is 1. The first-order valence-corrected chi connectivity index (χ1v) is 9.73. The van der Waals surface area contributed by atoms with E-state index in [0.29, 0.717) is 13.2 Å². The summed E-state index contributed by atoms with van der Waals surface area (Å²) in [6.07, 6.45) is 1.87. The maximum absolute atomic E-state index is 12.6. The Labute approximate surface area is 153 Å². The van der Waals surface area contributed by atoms with Gasteiger partial charge in [0.25, 0.3) is 5.91 Å². The summed E-state index contributed by atoms with van der Waals surface area (Å²) >= 11 is 4.92. The first-order chi connectivity index (χ1) is 11.6. The number of hydrogen-bond donors (Lipinski definition) is 1. The second-order valence-corrected chi connectivity index (χ2v) is 8.96. The van der Waals surface area contributed by atoms with Crippen LogP contribution in [-0.4, -0.2) is 30.5 Å². The monoisotopic (exact) mass is 406 g/mol. The maximum atomic E-state index is 12.6. The number of carbonyl (C=O) groups excluding carboxylic acids is 1. The molecule has 2 aliphatic rings. The van der Waals surface area contributed by atoms with Crippen LogP contribution in [0.3, 0.4) is 0 Å². The summed E-state index contributed by atoms with van der Waals surface area (Å²) in [7, 11) is 0. The third-order valence-corrected chi connectivity index (χ3v) is 6.76. The first kappa shape index (κ1) is 16.1. The standard InChI is InChI=1S/C18H19BrN2O2S/c19-16-4-3-15(24-16)17(22)21-7-5-18(6-8-21)11-23-14-2-1-12(10-20)9-13(14)18/h1-4,9H,5-8,10-11,20H2. The predicted octanol–water partition coefficient (Wildman–Crippen LogP) is 3.54. The van der Waals surface area contributed by atoms with Gasteiger partial charge in [0.15, 0.2) is 0 Å². The van der Waals surface area contributed by atoms with Crippen LogP contribution in [-0.2, 0) is 12.0 Å². The minimum atomic E-state index is 0.0350. The van der Waals surface area contributed by atoms with Crippen molar-refractivity contribution in [2.45, 2.75) is 24.8 Å². The Morgan fingerprint density at radius 1 is 1.29 bits per heavy atom. The third kappa shape index (κ3) is 2.66. The third-order valence-electron chi connectivity index (χ3n) is 5.15. The molecule has 2 aromatic rings. The molecule has 126 valence electrons. The van der Waals surface area contributed by atoms with E-state index < -0.39 is 0 Å². The number of ether oxygens (including phenoxy) is 1. The Bertz CT molecular complexity index is 781. The number of piperidine rings is 1. The number of amides is 1. The summed E-state index contributed by atoms with van der Waals surface area (Å²) in [5, 5.41) is 0. The van der Waals surface area contributed by atoms with Crippen molar-refractivity contribution in [1.82, 2.24) is 4.90 Å². The Hall–Kier alpha value is -1.37. The van der Waals surface area contributed by atoms with E-state index in [9.17, 15) is 4.79 Å². The Kier molecular flexibility index (Phi) is 4.14. The summed E-state index contributed by atoms with van der Waals surface area (Å²) in [5.74, 6) is 1.12. The van der Waals surface area contributed by atoms with Crippen LogP contribution in [0.5, 0.6) is 5.75 Å². The van der Waals surface area contributed by atoms with Crippen molar-refractivity contribution in [3.63, 3.8) is 0 Å². The van der Waals surface area contributed by atoms with E-state index in [1.807, 2.05) is 29.2 Å². The average Bonchev–Trinajstić information content (AvgIpc) is 3.19. The van der Waals surface area contributed by atoms with Gasteiger partial charge in [0.2, 0.25) is 0 Å². The van der Waals surface area contributed by atoms with Crippen molar-refractivity contribution < 1.29 is 9.53 Å². The molecule has 6 heteroatoms. The second kappa shape index (κ2) is 6.17. The molecule has 1 spiro atoms. The zero-order valence-corrected chi connectivity index (χ0v) is 15.7. The Morgan fingerprint density at radius 3 is 2.75 bits per heavy atom. The zero-order chi connectivity index (χ0) is 16.7. The molecule has 3 heterocycles. The summed E-state index contributed by atoms with van der Waals surface area (Å²) in [4.78, 5) is 15.4. The normalized spacial score (nSPS) is 18.5. The fourth-order valence-corrected chi connectivity index (χ4v) is 5.03. The highest BCUT2D eigenvalue weighted by Gasteiger charge is 2.44. The summed E-state index contributed by atoms with van der Waals surface area (Å²) in [6, 6.07) is 10.1. The van der Waals surface area contributed by atoms with Crippen LogP contribution >= 0.6 is 27.3 Å². The smallest absolute Gasteiger partial charge is 0.263 e. The van der Waals surface area contributed by atoms with Crippen molar-refractivity contribution in [3.05, 3.63) is 50.1 Å². The molecule has 0 bridgehead atoms. The average molecular weight is 407 g/mol. The molecule has 4 rings (SSSR count). The quantitative estimate of drug-likeness (QED) is 0.829. The van der Waals surface area contributed by atoms with Crippen LogP contribution < -0.4 is 10.5 Å². The van der Waals surface area contributed by atoms with Gasteiger partial charge >= 0.3 is 0 Å². The van der Waals surface area contributed by atoms with E-state index in [1.165, 1.54) is 16.9 Å². The molecule has 1 fully saturated rings. The molecule has 4 nitrogen and oxygen atoms in total. The lowest BCUT2D eigenvalue weighted by atomic mass is 9.74. The highest BCUT2D eigenvalue weighted by Crippen LogP contribution is 2.46. The molecule has 2 N–H and O–H groups in total. The van der Waals surface area contributed by atoms with Gasteiger partial charge in [-0.3, -0.25) is 4.79 Å². The van der Waals surface area contributed by atoms with Gasteiger partial charge in [0.1, 0.15) is 5.75 Å². The maximum Gasteiger partial charge on any atom is 0.263 e. The molecule has 1 amide bonds. The van der Waals surface area contributed by atoms with Gasteiger partial charge in [-0.2, -0.15) is 0 Å². The van der Waals surface area contributed by atoms with Crippen LogP contribution in [0.2, 0.25) is 0 Å². The first-order valence-electron chi connectivity index (χ1n) is 8.12. The second-order valence-electron chi connectivity index (χ2n) is 6.50. The molecule has 0 aliphatic carbocycles. The lowest BCUT2D eigenvalue weighted by Crippen LogP contribution is -2.45. The van der Waals surface area contributed by atoms with Crippen LogP contribution in [0.4, 0.5) is 0 Å². The largest absolute Gasteiger partial charge is 0.492 e. The number of fused-ring (bicyclic) bond motifs is 2. The number of carbonyl (C=O) groups is 1. The van der Waals surface area contributed by atoms with Gasteiger partial charge in [0.05, 0.1) is 15.3 Å². The Morgan fingerprint density at radius 2 is 2.08 bits per heavy atom. The van der Waals surface area contributed by atoms with Gasteiger partial charge < -0.3 is 15.4 Å². The highest BCUT2D eigenvalue weighted by atomic mass is 79.9. The van der Waals surface area contributed by atoms with Crippen molar-refractivity contribution in [2.24, 2.45) is 5.73 Å². The van der Waals surface area contributed by atoms with Gasteiger partial charge in [-0.1, -0.05) is 12.1 Å². The number of benzene rings is 1. The Balaban J connectivity index is 1.52. The minimum Gasteiger partial charge on any atom is -0.492 e. The molecule has 1 aromatic heterocycles. The van der Waals surface area contributed by atoms with Crippen LogP contribution in [0.15, 0.2) is 34.1 Å². The number of nitrogens with two attached hydrogens (primary N) is 1. The van der Waals surface area contributed by atoms with E-state index >= 15 is 0 Å². The molecule has 24 heavy (non-hydrogen) atoms. The highest BCUT2D eigenvalue weighted by molar-refractivity contribution is 9.11. The molecule has 2 aliphatic heterocycles. The van der Waals surface area contributed by atoms with Gasteiger partial charge in [-0.05, 0) is 52.5 Å². The van der Waals surface area contributed by atoms with Gasteiger partial charge in [-0.25, -0.2) is 0 Å². The molecule has 0 saturated carbocycles. The number of hydrogen-bond acceptors (Lipinski definition) is 4. The zero-order valence-electron chi connectivity index (χ0n) is 13.3. The van der Waals surface area contributed by atoms with E-state index in [-0.39, 0.29) is 11.3 Å². The van der Waals surface area contributed by atoms with E-state index in [2.05, 4.69) is 22.0 Å². The van der Waals surface area contributed by atoms with Crippen LogP contribution in [0.1, 0.15) is 33.6 Å². The molecular formula is C18H19BrN2O2S. The van der Waals surface area contributed by atoms with Crippen LogP contribution in [0, 0.1) is 0 Å². The molecule has 0 unspecified atom stereocenters. The number of thiophene rings is 1. The minimum absolute atomic E-state index is 0.0350. The molecule has 1 aromatic carbocycles. The fraction of sp³-hybridized carbons (Fsp3) is 0.389. The van der Waals surface area contributed by atoms with Gasteiger partial charge in [0, 0.05) is 30.6 Å². The fourth-order valence-electron chi connectivity index (χ4n) is 3.67. The van der Waals surface area contributed by atoms with Crippen molar-refractivity contribution in [3.8, 4) is 5.75 Å². The summed E-state index contributed by atoms with van der Waals surface area (Å²) < 4.78 is 6.92. The predicted molar refractivity (Wildman–Crippen MR) is 98.7 cm³/mol. The van der Waals surface area contributed by atoms with Crippen molar-refractivity contribution in [1.29, 1.82) is 0 Å². The topological polar surface area (TPSA) is 55.6 Å². The molecule has 0 radical (unpaired) electrons. The van der Waals surface area contributed by atoms with E-state index in [4.69, 9.17) is 10.5 Å². The summed E-state index contributed by atoms with van der Waals surface area (Å²) in [5.41, 5.74) is 8.24. The van der Waals surface area contributed by atoms with Gasteiger partial charge in [-0.15, -0.1) is 11.3 Å². The van der Waals surface area contributed by atoms with Crippen LogP contribution in [0.25, 0.3) is 0 Å². The van der Waals surface area contributed by atoms with E-state index in [0.717, 1.165) is 45.9 Å². The summed E-state index contributed by atoms with van der Waals surface area (Å²) in [6.45, 7) is 2.79. The van der Waals surface area contributed by atoms with E-state index in [1.54, 1.807) is 0 Å². The van der Waals surface area contributed by atoms with Crippen molar-refractivity contribution in [2.75, 3.05) is 19.7 Å². The lowest BCUT2D eigenvalue weighted by molar-refractivity contribution is 0.0651. The lowest BCUT2D eigenvalue weighted by Gasteiger charge is -2.38. The molecule has 1 saturated heterocycles. The SMILES string of the molecule is NCc1ccc2c(c1)C1(CCN(C(=O)c3ccc(Br)s3)CC1)CO2.